The highest BCUT2D eigenvalue weighted by Crippen LogP contribution is 2.43. The number of halogens is 4. The Kier molecular flexibility index (Phi) is 8.97. The summed E-state index contributed by atoms with van der Waals surface area (Å²) in [6.07, 6.45) is 0.842. The third-order valence-electron chi connectivity index (χ3n) is 6.00. The second-order valence-electron chi connectivity index (χ2n) is 8.84. The van der Waals surface area contributed by atoms with Crippen LogP contribution in [0.15, 0.2) is 35.5 Å². The lowest BCUT2D eigenvalue weighted by molar-refractivity contribution is -0.191. The molecule has 1 aliphatic heterocycles. The lowest BCUT2D eigenvalue weighted by atomic mass is 9.90. The fourth-order valence-electron chi connectivity index (χ4n) is 4.21. The normalized spacial score (nSPS) is 22.4. The standard InChI is InChI=1S/C25H21ClF3N5O5S/c1-11-23(34-9-20(32-33-34)14-4-17(27)22(29)18(28)5-14)24(38-13(3)36)21(10-37-12(2)35)39-25(11)40-15-6-16(26)19(7-30)31-8-15/h4-6,8-9,11,21,23-25H,10H2,1-3H3/t11?,21?,23-,24+,25-/m1/s1. The smallest absolute Gasteiger partial charge is 0.303 e. The number of ether oxygens (including phenoxy) is 3. The van der Waals surface area contributed by atoms with Gasteiger partial charge < -0.3 is 14.2 Å². The van der Waals surface area contributed by atoms with Crippen LogP contribution in [-0.4, -0.2) is 56.2 Å². The van der Waals surface area contributed by atoms with E-state index in [1.54, 1.807) is 13.0 Å². The van der Waals surface area contributed by atoms with E-state index in [0.717, 1.165) is 12.1 Å². The van der Waals surface area contributed by atoms with E-state index in [-0.39, 0.29) is 28.6 Å². The van der Waals surface area contributed by atoms with Crippen LogP contribution < -0.4 is 0 Å². The minimum absolute atomic E-state index is 0.0295. The Balaban J connectivity index is 1.73. The molecule has 1 saturated heterocycles. The summed E-state index contributed by atoms with van der Waals surface area (Å²) in [4.78, 5) is 28.3. The Bertz CT molecular complexity index is 1460. The predicted molar refractivity (Wildman–Crippen MR) is 134 cm³/mol. The molecule has 0 radical (unpaired) electrons. The minimum atomic E-state index is -1.62. The summed E-state index contributed by atoms with van der Waals surface area (Å²) in [6.45, 7) is 3.94. The Hall–Kier alpha value is -3.67. The largest absolute Gasteiger partial charge is 0.463 e. The monoisotopic (exact) mass is 595 g/mol. The van der Waals surface area contributed by atoms with Gasteiger partial charge in [-0.05, 0) is 18.2 Å². The number of benzene rings is 1. The van der Waals surface area contributed by atoms with Gasteiger partial charge >= 0.3 is 11.9 Å². The Morgan fingerprint density at radius 2 is 1.90 bits per heavy atom. The van der Waals surface area contributed by atoms with Crippen LogP contribution in [0.4, 0.5) is 13.2 Å². The molecule has 0 saturated carbocycles. The first-order valence-electron chi connectivity index (χ1n) is 11.7. The first-order chi connectivity index (χ1) is 19.0. The molecule has 0 amide bonds. The fraction of sp³-hybridized carbons (Fsp3) is 0.360. The van der Waals surface area contributed by atoms with Gasteiger partial charge in [0.15, 0.2) is 29.2 Å². The van der Waals surface area contributed by atoms with Crippen LogP contribution in [0.5, 0.6) is 0 Å². The maximum Gasteiger partial charge on any atom is 0.303 e. The molecule has 3 aromatic rings. The lowest BCUT2D eigenvalue weighted by Crippen LogP contribution is -2.53. The molecule has 4 rings (SSSR count). The molecule has 0 N–H and O–H groups in total. The van der Waals surface area contributed by atoms with Crippen LogP contribution in [0.3, 0.4) is 0 Å². The number of aromatic nitrogens is 4. The van der Waals surface area contributed by atoms with Gasteiger partial charge in [-0.2, -0.15) is 5.26 Å². The van der Waals surface area contributed by atoms with Gasteiger partial charge in [-0.15, -0.1) is 5.10 Å². The first kappa shape index (κ1) is 29.3. The average Bonchev–Trinajstić information content (AvgIpc) is 3.37. The summed E-state index contributed by atoms with van der Waals surface area (Å²) in [5.41, 5.74) is -0.654. The molecule has 1 aliphatic rings. The molecule has 2 aromatic heterocycles. The van der Waals surface area contributed by atoms with Gasteiger partial charge in [0.05, 0.1) is 17.3 Å². The first-order valence-corrected chi connectivity index (χ1v) is 13.0. The van der Waals surface area contributed by atoms with Crippen molar-refractivity contribution in [2.24, 2.45) is 5.92 Å². The lowest BCUT2D eigenvalue weighted by Gasteiger charge is -2.44. The maximum absolute atomic E-state index is 13.9. The summed E-state index contributed by atoms with van der Waals surface area (Å²) < 4.78 is 59.6. The van der Waals surface area contributed by atoms with Crippen molar-refractivity contribution >= 4 is 35.3 Å². The SMILES string of the molecule is CC(=O)OCC1O[C@H](Sc2cnc(C#N)c(Cl)c2)C(C)[C@@H](n2cc(-c3cc(F)c(F)c(F)c3)nn2)[C@H]1OC(C)=O. The number of carbonyl (C=O) groups excluding carboxylic acids is 2. The molecular weight excluding hydrogens is 575 g/mol. The molecule has 1 fully saturated rings. The quantitative estimate of drug-likeness (QED) is 0.285. The van der Waals surface area contributed by atoms with Crippen LogP contribution >= 0.6 is 23.4 Å². The van der Waals surface area contributed by atoms with Crippen molar-refractivity contribution in [3.05, 3.63) is 58.8 Å². The Morgan fingerprint density at radius 3 is 2.50 bits per heavy atom. The van der Waals surface area contributed by atoms with E-state index < -0.39 is 59.0 Å². The second kappa shape index (κ2) is 12.2. The number of thioether (sulfide) groups is 1. The molecular formula is C25H21ClF3N5O5S. The average molecular weight is 596 g/mol. The van der Waals surface area contributed by atoms with Crippen molar-refractivity contribution in [1.82, 2.24) is 20.0 Å². The summed E-state index contributed by atoms with van der Waals surface area (Å²) in [6, 6.07) is 4.23. The number of nitriles is 1. The summed E-state index contributed by atoms with van der Waals surface area (Å²) in [7, 11) is 0. The highest BCUT2D eigenvalue weighted by Gasteiger charge is 2.48. The fourth-order valence-corrected chi connectivity index (χ4v) is 5.63. The molecule has 3 heterocycles. The van der Waals surface area contributed by atoms with E-state index in [0.29, 0.717) is 4.90 Å². The number of pyridine rings is 1. The Labute approximate surface area is 235 Å². The van der Waals surface area contributed by atoms with Crippen LogP contribution in [0.2, 0.25) is 5.02 Å². The number of rotatable bonds is 7. The highest BCUT2D eigenvalue weighted by atomic mass is 35.5. The van der Waals surface area contributed by atoms with Crippen molar-refractivity contribution in [2.75, 3.05) is 6.61 Å². The van der Waals surface area contributed by atoms with E-state index in [1.165, 1.54) is 42.7 Å². The molecule has 15 heteroatoms. The van der Waals surface area contributed by atoms with Crippen LogP contribution in [0, 0.1) is 34.7 Å². The molecule has 0 bridgehead atoms. The molecule has 0 aliphatic carbocycles. The molecule has 2 unspecified atom stereocenters. The van der Waals surface area contributed by atoms with Gasteiger partial charge in [0.2, 0.25) is 0 Å². The second-order valence-corrected chi connectivity index (χ2v) is 10.4. The van der Waals surface area contributed by atoms with E-state index in [1.807, 2.05) is 6.07 Å². The number of hydrogen-bond donors (Lipinski definition) is 0. The summed E-state index contributed by atoms with van der Waals surface area (Å²) in [5, 5.41) is 17.3. The van der Waals surface area contributed by atoms with Gasteiger partial charge in [-0.25, -0.2) is 22.8 Å². The molecule has 5 atom stereocenters. The highest BCUT2D eigenvalue weighted by molar-refractivity contribution is 7.99. The molecule has 10 nitrogen and oxygen atoms in total. The number of carbonyl (C=O) groups is 2. The third-order valence-corrected chi connectivity index (χ3v) is 7.56. The minimum Gasteiger partial charge on any atom is -0.463 e. The van der Waals surface area contributed by atoms with Gasteiger partial charge in [0, 0.05) is 36.4 Å². The molecule has 0 spiro atoms. The topological polar surface area (TPSA) is 129 Å². The van der Waals surface area contributed by atoms with Gasteiger partial charge in [-0.3, -0.25) is 9.59 Å². The van der Waals surface area contributed by atoms with Crippen LogP contribution in [0.1, 0.15) is 32.5 Å². The zero-order valence-corrected chi connectivity index (χ0v) is 22.8. The molecule has 1 aromatic carbocycles. The number of nitrogens with zero attached hydrogens (tertiary/aromatic N) is 5. The number of hydrogen-bond acceptors (Lipinski definition) is 10. The zero-order chi connectivity index (χ0) is 29.1. The molecule has 210 valence electrons. The van der Waals surface area contributed by atoms with Crippen LogP contribution in [-0.2, 0) is 23.8 Å². The van der Waals surface area contributed by atoms with E-state index in [9.17, 15) is 22.8 Å². The van der Waals surface area contributed by atoms with E-state index >= 15 is 0 Å². The van der Waals surface area contributed by atoms with E-state index in [4.69, 9.17) is 31.1 Å². The molecule has 40 heavy (non-hydrogen) atoms. The zero-order valence-electron chi connectivity index (χ0n) is 21.2. The summed E-state index contributed by atoms with van der Waals surface area (Å²) in [5.74, 6) is -6.11. The van der Waals surface area contributed by atoms with Crippen molar-refractivity contribution in [1.29, 1.82) is 5.26 Å². The maximum atomic E-state index is 13.9. The summed E-state index contributed by atoms with van der Waals surface area (Å²) >= 11 is 7.35. The van der Waals surface area contributed by atoms with Gasteiger partial charge in [0.1, 0.15) is 29.9 Å². The van der Waals surface area contributed by atoms with Crippen molar-refractivity contribution in [2.45, 2.75) is 49.4 Å². The number of esters is 2. The van der Waals surface area contributed by atoms with Crippen molar-refractivity contribution in [3.8, 4) is 17.3 Å². The Morgan fingerprint density at radius 1 is 1.20 bits per heavy atom. The van der Waals surface area contributed by atoms with Crippen molar-refractivity contribution in [3.63, 3.8) is 0 Å². The third kappa shape index (κ3) is 6.38. The van der Waals surface area contributed by atoms with Gasteiger partial charge in [-0.1, -0.05) is 35.5 Å². The van der Waals surface area contributed by atoms with Gasteiger partial charge in [0.25, 0.3) is 0 Å². The predicted octanol–water partition coefficient (Wildman–Crippen LogP) is 4.47. The van der Waals surface area contributed by atoms with E-state index in [2.05, 4.69) is 15.3 Å². The van der Waals surface area contributed by atoms with Crippen LogP contribution in [0.25, 0.3) is 11.3 Å². The van der Waals surface area contributed by atoms with Crippen molar-refractivity contribution < 1.29 is 37.0 Å².